The number of fused-ring (bicyclic) bond motifs is 3. The Balaban J connectivity index is 1.20. The summed E-state index contributed by atoms with van der Waals surface area (Å²) in [5.74, 6) is 1.48. The SMILES string of the molecule is COC(=O)[C@@H](NC(=O)N1C(=O)[C@@]2(c3cc(C#CCN(C)Cc4ccccc4)ccc31)[C@H](C(=O)Nc1ccc(N3CCOCC3)cc1)[C@H]1C(=O)O[C@H](c3ccccc3)[C@H](c3ccccc3)N1[C@@H]2c1ccc(O)cc1)C(C)C. The summed E-state index contributed by atoms with van der Waals surface area (Å²) < 4.78 is 17.3. The number of nitrogens with zero attached hydrogens (tertiary/aromatic N) is 4. The number of rotatable bonds is 12. The molecule has 3 saturated heterocycles. The number of morpholine rings is 2. The maximum atomic E-state index is 16.8. The Bertz CT molecular complexity index is 3160. The van der Waals surface area contributed by atoms with E-state index in [0.717, 1.165) is 21.7 Å². The van der Waals surface area contributed by atoms with Crippen molar-refractivity contribution in [2.45, 2.75) is 56.1 Å². The minimum atomic E-state index is -2.12. The number of nitrogens with one attached hydrogen (secondary N) is 2. The number of ether oxygens (including phenoxy) is 3. The first-order chi connectivity index (χ1) is 36.9. The summed E-state index contributed by atoms with van der Waals surface area (Å²) in [5.41, 5.74) is 3.05. The molecule has 0 aliphatic carbocycles. The first-order valence-electron chi connectivity index (χ1n) is 25.6. The predicted molar refractivity (Wildman–Crippen MR) is 287 cm³/mol. The number of hydrogen-bond donors (Lipinski definition) is 3. The van der Waals surface area contributed by atoms with Gasteiger partial charge in [0.2, 0.25) is 11.8 Å². The van der Waals surface area contributed by atoms with E-state index in [0.29, 0.717) is 61.8 Å². The molecule has 76 heavy (non-hydrogen) atoms. The number of carbonyl (C=O) groups excluding carboxylic acids is 5. The standard InChI is InChI=1S/C61H60N6O9/c1-39(2)51(57(70)74-4)63-60(73)66-49-31-22-40(17-14-32-64(3)38-41-15-8-5-9-16-41)37-48(49)61(59(66)72)50(56(69)62-45-25-27-46(28-26-45)65-33-35-75-36-34-65)53-58(71)76-54(43-20-12-7-13-21-43)52(42-18-10-6-11-19-42)67(53)55(61)44-23-29-47(68)30-24-44/h5-13,15-16,18-31,37,39,50-55,68H,32-36,38H2,1-4H3,(H,62,69)(H,63,73)/t50-,51-,52-,53-,54+,55+,61-/m0/s1. The third-order valence-corrected chi connectivity index (χ3v) is 14.9. The Morgan fingerprint density at radius 3 is 2.09 bits per heavy atom. The molecule has 10 rings (SSSR count). The lowest BCUT2D eigenvalue weighted by Gasteiger charge is -2.46. The highest BCUT2D eigenvalue weighted by Crippen LogP contribution is 2.66. The lowest BCUT2D eigenvalue weighted by molar-refractivity contribution is -0.177. The van der Waals surface area contributed by atoms with Crippen LogP contribution in [0.2, 0.25) is 0 Å². The van der Waals surface area contributed by atoms with Crippen molar-refractivity contribution in [1.82, 2.24) is 15.1 Å². The second-order valence-corrected chi connectivity index (χ2v) is 20.0. The quantitative estimate of drug-likeness (QED) is 0.0801. The van der Waals surface area contributed by atoms with Crippen molar-refractivity contribution in [3.05, 3.63) is 191 Å². The van der Waals surface area contributed by atoms with E-state index in [1.54, 1.807) is 56.3 Å². The van der Waals surface area contributed by atoms with Crippen LogP contribution in [0.5, 0.6) is 5.75 Å². The third-order valence-electron chi connectivity index (χ3n) is 14.9. The minimum Gasteiger partial charge on any atom is -0.508 e. The smallest absolute Gasteiger partial charge is 0.329 e. The van der Waals surface area contributed by atoms with Crippen molar-refractivity contribution in [3.63, 3.8) is 0 Å². The summed E-state index contributed by atoms with van der Waals surface area (Å²) in [6, 6.07) is 42.0. The maximum Gasteiger partial charge on any atom is 0.329 e. The molecule has 1 spiro atoms. The zero-order valence-electron chi connectivity index (χ0n) is 42.8. The lowest BCUT2D eigenvalue weighted by atomic mass is 9.65. The van der Waals surface area contributed by atoms with E-state index in [1.807, 2.05) is 115 Å². The van der Waals surface area contributed by atoms with Crippen LogP contribution in [-0.2, 0) is 45.3 Å². The molecule has 0 bridgehead atoms. The van der Waals surface area contributed by atoms with Gasteiger partial charge in [-0.15, -0.1) is 0 Å². The number of phenolic OH excluding ortho intramolecular Hbond substituents is 1. The number of cyclic esters (lactones) is 1. The molecular formula is C61H60N6O9. The van der Waals surface area contributed by atoms with Gasteiger partial charge in [0.25, 0.3) is 0 Å². The summed E-state index contributed by atoms with van der Waals surface area (Å²) in [4.78, 5) is 84.1. The molecule has 4 aliphatic heterocycles. The van der Waals surface area contributed by atoms with Crippen LogP contribution < -0.4 is 20.4 Å². The summed E-state index contributed by atoms with van der Waals surface area (Å²) in [6.07, 6.45) is -0.953. The number of esters is 2. The summed E-state index contributed by atoms with van der Waals surface area (Å²) in [6.45, 7) is 7.06. The van der Waals surface area contributed by atoms with Gasteiger partial charge in [0.15, 0.2) is 0 Å². The van der Waals surface area contributed by atoms with Gasteiger partial charge in [-0.3, -0.25) is 24.2 Å². The van der Waals surface area contributed by atoms with Crippen molar-refractivity contribution in [2.75, 3.05) is 62.1 Å². The van der Waals surface area contributed by atoms with Gasteiger partial charge in [-0.2, -0.15) is 0 Å². The molecule has 15 nitrogen and oxygen atoms in total. The summed E-state index contributed by atoms with van der Waals surface area (Å²) in [5, 5.41) is 16.8. The van der Waals surface area contributed by atoms with Gasteiger partial charge in [-0.1, -0.05) is 129 Å². The normalized spacial score (nSPS) is 22.3. The Kier molecular flexibility index (Phi) is 14.7. The molecule has 6 aromatic rings. The van der Waals surface area contributed by atoms with Crippen LogP contribution in [0, 0.1) is 23.7 Å². The molecule has 4 heterocycles. The van der Waals surface area contributed by atoms with Crippen LogP contribution in [0.15, 0.2) is 158 Å². The van der Waals surface area contributed by atoms with Crippen LogP contribution in [-0.4, -0.2) is 104 Å². The predicted octanol–water partition coefficient (Wildman–Crippen LogP) is 7.92. The van der Waals surface area contributed by atoms with Gasteiger partial charge in [0, 0.05) is 36.6 Å². The summed E-state index contributed by atoms with van der Waals surface area (Å²) in [7, 11) is 3.19. The Morgan fingerprint density at radius 2 is 1.45 bits per heavy atom. The minimum absolute atomic E-state index is 0.0570. The van der Waals surface area contributed by atoms with Gasteiger partial charge < -0.3 is 34.9 Å². The average molecular weight is 1020 g/mol. The van der Waals surface area contributed by atoms with Gasteiger partial charge in [-0.05, 0) is 95.4 Å². The van der Waals surface area contributed by atoms with Gasteiger partial charge >= 0.3 is 18.0 Å². The van der Waals surface area contributed by atoms with Crippen LogP contribution in [0.3, 0.4) is 0 Å². The fourth-order valence-electron chi connectivity index (χ4n) is 11.5. The molecule has 0 unspecified atom stereocenters. The monoisotopic (exact) mass is 1020 g/mol. The van der Waals surface area contributed by atoms with Crippen LogP contribution >= 0.6 is 0 Å². The first-order valence-corrected chi connectivity index (χ1v) is 25.6. The second kappa shape index (κ2) is 21.9. The average Bonchev–Trinajstić information content (AvgIpc) is 4.14. The van der Waals surface area contributed by atoms with E-state index in [1.165, 1.54) is 19.2 Å². The number of carbonyl (C=O) groups is 5. The number of amides is 4. The molecule has 3 fully saturated rings. The van der Waals surface area contributed by atoms with Crippen molar-refractivity contribution in [3.8, 4) is 17.6 Å². The zero-order valence-corrected chi connectivity index (χ0v) is 42.8. The highest BCUT2D eigenvalue weighted by atomic mass is 16.6. The summed E-state index contributed by atoms with van der Waals surface area (Å²) >= 11 is 0. The number of phenols is 1. The highest BCUT2D eigenvalue weighted by molar-refractivity contribution is 6.25. The Hall–Kier alpha value is -8.29. The highest BCUT2D eigenvalue weighted by Gasteiger charge is 2.75. The fourth-order valence-corrected chi connectivity index (χ4v) is 11.5. The van der Waals surface area contributed by atoms with Crippen molar-refractivity contribution >= 4 is 46.8 Å². The number of urea groups is 1. The first kappa shape index (κ1) is 51.2. The number of hydrogen-bond acceptors (Lipinski definition) is 12. The molecule has 15 heteroatoms. The van der Waals surface area contributed by atoms with Crippen LogP contribution in [0.4, 0.5) is 21.9 Å². The van der Waals surface area contributed by atoms with E-state index in [9.17, 15) is 9.90 Å². The van der Waals surface area contributed by atoms with Gasteiger partial charge in [0.05, 0.1) is 50.6 Å². The van der Waals surface area contributed by atoms with E-state index in [-0.39, 0.29) is 17.0 Å². The van der Waals surface area contributed by atoms with Crippen LogP contribution in [0.1, 0.15) is 65.4 Å². The molecule has 6 aromatic carbocycles. The molecule has 0 radical (unpaired) electrons. The van der Waals surface area contributed by atoms with E-state index in [4.69, 9.17) is 14.2 Å². The molecule has 0 aromatic heterocycles. The topological polar surface area (TPSA) is 170 Å². The fraction of sp³-hybridized carbons (Fsp3) is 0.295. The number of benzene rings is 6. The number of imide groups is 1. The molecule has 4 amide bonds. The Morgan fingerprint density at radius 1 is 0.803 bits per heavy atom. The van der Waals surface area contributed by atoms with Crippen LogP contribution in [0.25, 0.3) is 0 Å². The molecule has 388 valence electrons. The second-order valence-electron chi connectivity index (χ2n) is 20.0. The van der Waals surface area contributed by atoms with Gasteiger partial charge in [0.1, 0.15) is 29.4 Å². The van der Waals surface area contributed by atoms with Crippen molar-refractivity contribution < 1.29 is 43.3 Å². The molecular weight excluding hydrogens is 961 g/mol. The molecule has 3 N–H and O–H groups in total. The molecule has 4 aliphatic rings. The molecule has 7 atom stereocenters. The number of anilines is 3. The van der Waals surface area contributed by atoms with Crippen molar-refractivity contribution in [2.24, 2.45) is 11.8 Å². The van der Waals surface area contributed by atoms with Crippen molar-refractivity contribution in [1.29, 1.82) is 0 Å². The van der Waals surface area contributed by atoms with Gasteiger partial charge in [-0.25, -0.2) is 14.5 Å². The Labute approximate surface area is 442 Å². The van der Waals surface area contributed by atoms with E-state index >= 15 is 19.2 Å². The zero-order chi connectivity index (χ0) is 53.1. The third kappa shape index (κ3) is 9.67. The number of aromatic hydroxyl groups is 1. The van der Waals surface area contributed by atoms with E-state index in [2.05, 4.69) is 32.3 Å². The number of methoxy groups -OCH3 is 1. The lowest BCUT2D eigenvalue weighted by Crippen LogP contribution is -2.57. The van der Waals surface area contributed by atoms with E-state index < -0.39 is 77.3 Å². The molecule has 0 saturated carbocycles. The largest absolute Gasteiger partial charge is 0.508 e. The maximum absolute atomic E-state index is 16.8.